The van der Waals surface area contributed by atoms with E-state index in [1.165, 1.54) is 0 Å². The van der Waals surface area contributed by atoms with Gasteiger partial charge >= 0.3 is 0 Å². The van der Waals surface area contributed by atoms with E-state index in [0.717, 1.165) is 49.4 Å². The summed E-state index contributed by atoms with van der Waals surface area (Å²) < 4.78 is 7.18. The lowest BCUT2D eigenvalue weighted by molar-refractivity contribution is -0.133. The van der Waals surface area contributed by atoms with E-state index in [9.17, 15) is 4.79 Å². The predicted molar refractivity (Wildman–Crippen MR) is 88.5 cm³/mol. The third kappa shape index (κ3) is 3.66. The van der Waals surface area contributed by atoms with E-state index in [1.807, 2.05) is 24.8 Å². The van der Waals surface area contributed by atoms with Crippen LogP contribution < -0.4 is 0 Å². The highest BCUT2D eigenvalue weighted by molar-refractivity contribution is 5.76. The zero-order valence-electron chi connectivity index (χ0n) is 14.7. The van der Waals surface area contributed by atoms with Gasteiger partial charge in [0.1, 0.15) is 6.54 Å². The first kappa shape index (κ1) is 16.7. The molecule has 0 saturated carbocycles. The topological polar surface area (TPSA) is 77.0 Å². The Labute approximate surface area is 142 Å². The molecule has 7 nitrogen and oxygen atoms in total. The maximum atomic E-state index is 12.6. The molecule has 0 spiro atoms. The van der Waals surface area contributed by atoms with Crippen molar-refractivity contribution in [2.75, 3.05) is 13.1 Å². The Bertz CT molecular complexity index is 706. The summed E-state index contributed by atoms with van der Waals surface area (Å²) in [4.78, 5) is 19.0. The number of hydrogen-bond donors (Lipinski definition) is 0. The van der Waals surface area contributed by atoms with E-state index in [2.05, 4.69) is 22.2 Å². The molecule has 0 N–H and O–H groups in total. The highest BCUT2D eigenvalue weighted by Crippen LogP contribution is 2.26. The molecule has 1 saturated heterocycles. The van der Waals surface area contributed by atoms with Gasteiger partial charge in [0, 0.05) is 25.2 Å². The third-order valence-corrected chi connectivity index (χ3v) is 4.47. The van der Waals surface area contributed by atoms with Gasteiger partial charge in [-0.25, -0.2) is 0 Å². The summed E-state index contributed by atoms with van der Waals surface area (Å²) in [5.74, 6) is 1.67. The maximum Gasteiger partial charge on any atom is 0.244 e. The number of likely N-dealkylation sites (tertiary alicyclic amines) is 1. The summed E-state index contributed by atoms with van der Waals surface area (Å²) in [6.07, 6.45) is 3.77. The van der Waals surface area contributed by atoms with E-state index < -0.39 is 0 Å². The molecule has 2 aromatic heterocycles. The van der Waals surface area contributed by atoms with Crippen molar-refractivity contribution < 1.29 is 9.32 Å². The van der Waals surface area contributed by atoms with Crippen LogP contribution in [0.1, 0.15) is 55.2 Å². The molecule has 1 aliphatic heterocycles. The summed E-state index contributed by atoms with van der Waals surface area (Å²) in [5.41, 5.74) is 1.95. The van der Waals surface area contributed by atoms with Crippen molar-refractivity contribution >= 4 is 5.91 Å². The third-order valence-electron chi connectivity index (χ3n) is 4.47. The maximum absolute atomic E-state index is 12.6. The van der Waals surface area contributed by atoms with Crippen molar-refractivity contribution in [3.63, 3.8) is 0 Å². The molecule has 0 aromatic carbocycles. The van der Waals surface area contributed by atoms with Crippen LogP contribution in [0.2, 0.25) is 0 Å². The smallest absolute Gasteiger partial charge is 0.244 e. The van der Waals surface area contributed by atoms with Crippen LogP contribution in [0, 0.1) is 13.8 Å². The second kappa shape index (κ2) is 7.15. The number of carbonyl (C=O) groups excluding carboxylic acids is 1. The van der Waals surface area contributed by atoms with Gasteiger partial charge in [-0.2, -0.15) is 10.1 Å². The quantitative estimate of drug-likeness (QED) is 0.840. The number of aromatic nitrogens is 4. The lowest BCUT2D eigenvalue weighted by Gasteiger charge is -2.31. The standard InChI is InChI=1S/C17H25N5O2/c1-4-6-15-18-17(24-20-15)14-7-5-8-21(10-14)16(23)11-22-13(3)9-12(2)19-22/h9,14H,4-8,10-11H2,1-3H3/t14-/m0/s1. The fourth-order valence-corrected chi connectivity index (χ4v) is 3.23. The van der Waals surface area contributed by atoms with Gasteiger partial charge in [-0.05, 0) is 39.2 Å². The summed E-state index contributed by atoms with van der Waals surface area (Å²) in [6, 6.07) is 1.99. The average molecular weight is 331 g/mol. The van der Waals surface area contributed by atoms with E-state index in [4.69, 9.17) is 4.52 Å². The van der Waals surface area contributed by atoms with Crippen molar-refractivity contribution in [2.45, 2.75) is 58.9 Å². The molecule has 1 amide bonds. The van der Waals surface area contributed by atoms with Crippen LogP contribution in [0.3, 0.4) is 0 Å². The minimum atomic E-state index is 0.0965. The predicted octanol–water partition coefficient (Wildman–Crippen LogP) is 2.24. The van der Waals surface area contributed by atoms with Crippen LogP contribution in [0.25, 0.3) is 0 Å². The number of rotatable bonds is 5. The van der Waals surface area contributed by atoms with Crippen molar-refractivity contribution in [1.82, 2.24) is 24.8 Å². The Morgan fingerprint density at radius 3 is 2.96 bits per heavy atom. The van der Waals surface area contributed by atoms with Crippen molar-refractivity contribution in [1.29, 1.82) is 0 Å². The molecular weight excluding hydrogens is 306 g/mol. The van der Waals surface area contributed by atoms with Gasteiger partial charge in [0.15, 0.2) is 5.82 Å². The van der Waals surface area contributed by atoms with Crippen molar-refractivity contribution in [2.24, 2.45) is 0 Å². The van der Waals surface area contributed by atoms with Gasteiger partial charge in [-0.3, -0.25) is 9.48 Å². The number of piperidine rings is 1. The van der Waals surface area contributed by atoms with Gasteiger partial charge in [0.2, 0.25) is 11.8 Å². The molecule has 0 bridgehead atoms. The summed E-state index contributed by atoms with van der Waals surface area (Å²) in [7, 11) is 0. The van der Waals surface area contributed by atoms with Crippen LogP contribution in [0.5, 0.6) is 0 Å². The summed E-state index contributed by atoms with van der Waals surface area (Å²) >= 11 is 0. The van der Waals surface area contributed by atoms with Crippen LogP contribution in [0.15, 0.2) is 10.6 Å². The largest absolute Gasteiger partial charge is 0.340 e. The number of amides is 1. The van der Waals surface area contributed by atoms with E-state index >= 15 is 0 Å². The normalized spacial score (nSPS) is 18.1. The molecule has 7 heteroatoms. The van der Waals surface area contributed by atoms with E-state index in [-0.39, 0.29) is 18.4 Å². The number of aryl methyl sites for hydroxylation is 3. The first-order valence-corrected chi connectivity index (χ1v) is 8.68. The van der Waals surface area contributed by atoms with Crippen molar-refractivity contribution in [3.8, 4) is 0 Å². The van der Waals surface area contributed by atoms with Crippen LogP contribution >= 0.6 is 0 Å². The second-order valence-electron chi connectivity index (χ2n) is 6.56. The highest BCUT2D eigenvalue weighted by Gasteiger charge is 2.28. The molecule has 1 atom stereocenters. The zero-order valence-corrected chi connectivity index (χ0v) is 14.7. The Kier molecular flexibility index (Phi) is 4.97. The average Bonchev–Trinajstić information content (AvgIpc) is 3.15. The first-order chi connectivity index (χ1) is 11.6. The Balaban J connectivity index is 1.64. The minimum Gasteiger partial charge on any atom is -0.340 e. The van der Waals surface area contributed by atoms with E-state index in [1.54, 1.807) is 4.68 Å². The lowest BCUT2D eigenvalue weighted by Crippen LogP contribution is -2.41. The molecule has 3 rings (SSSR count). The first-order valence-electron chi connectivity index (χ1n) is 8.68. The zero-order chi connectivity index (χ0) is 17.1. The van der Waals surface area contributed by atoms with Gasteiger partial charge in [-0.1, -0.05) is 12.1 Å². The van der Waals surface area contributed by atoms with Gasteiger partial charge in [0.25, 0.3) is 0 Å². The van der Waals surface area contributed by atoms with Gasteiger partial charge in [-0.15, -0.1) is 0 Å². The Morgan fingerprint density at radius 1 is 1.42 bits per heavy atom. The van der Waals surface area contributed by atoms with Gasteiger partial charge < -0.3 is 9.42 Å². The summed E-state index contributed by atoms with van der Waals surface area (Å²) in [5, 5.41) is 8.40. The molecule has 2 aromatic rings. The van der Waals surface area contributed by atoms with Crippen LogP contribution in [-0.2, 0) is 17.8 Å². The minimum absolute atomic E-state index is 0.0965. The Hall–Kier alpha value is -2.18. The molecule has 1 aliphatic rings. The monoisotopic (exact) mass is 331 g/mol. The molecule has 0 unspecified atom stereocenters. The van der Waals surface area contributed by atoms with Crippen LogP contribution in [-0.4, -0.2) is 43.8 Å². The molecule has 3 heterocycles. The van der Waals surface area contributed by atoms with Gasteiger partial charge in [0.05, 0.1) is 11.6 Å². The molecule has 130 valence electrons. The van der Waals surface area contributed by atoms with Crippen LogP contribution in [0.4, 0.5) is 0 Å². The number of carbonyl (C=O) groups is 1. The lowest BCUT2D eigenvalue weighted by atomic mass is 9.98. The SMILES string of the molecule is CCCc1noc([C@H]2CCCN(C(=O)Cn3nc(C)cc3C)C2)n1. The summed E-state index contributed by atoms with van der Waals surface area (Å²) in [6.45, 7) is 7.72. The molecule has 24 heavy (non-hydrogen) atoms. The molecule has 0 aliphatic carbocycles. The van der Waals surface area contributed by atoms with Crippen molar-refractivity contribution in [3.05, 3.63) is 29.2 Å². The number of hydrogen-bond acceptors (Lipinski definition) is 5. The highest BCUT2D eigenvalue weighted by atomic mass is 16.5. The Morgan fingerprint density at radius 2 is 2.25 bits per heavy atom. The second-order valence-corrected chi connectivity index (χ2v) is 6.56. The fourth-order valence-electron chi connectivity index (χ4n) is 3.23. The molecule has 1 fully saturated rings. The van der Waals surface area contributed by atoms with E-state index in [0.29, 0.717) is 12.4 Å². The number of nitrogens with zero attached hydrogens (tertiary/aromatic N) is 5. The molecule has 0 radical (unpaired) electrons. The fraction of sp³-hybridized carbons (Fsp3) is 0.647. The molecular formula is C17H25N5O2.